The van der Waals surface area contributed by atoms with E-state index in [1.165, 1.54) is 11.1 Å². The number of nitrogens with zero attached hydrogens (tertiary/aromatic N) is 1. The largest absolute Gasteiger partial charge is 0.370 e. The molecule has 17 heavy (non-hydrogen) atoms. The quantitative estimate of drug-likeness (QED) is 0.510. The van der Waals surface area contributed by atoms with Gasteiger partial charge in [-0.05, 0) is 37.1 Å². The molecule has 0 radical (unpaired) electrons. The first-order valence-corrected chi connectivity index (χ1v) is 6.21. The number of aliphatic imine (C=N–C) groups is 1. The zero-order valence-corrected chi connectivity index (χ0v) is 11.8. The van der Waals surface area contributed by atoms with E-state index in [0.29, 0.717) is 19.0 Å². The van der Waals surface area contributed by atoms with E-state index in [4.69, 9.17) is 5.73 Å². The maximum atomic E-state index is 5.74. The topological polar surface area (TPSA) is 50.4 Å². The van der Waals surface area contributed by atoms with Crippen LogP contribution in [0, 0.1) is 6.92 Å². The van der Waals surface area contributed by atoms with Gasteiger partial charge in [0.05, 0.1) is 6.54 Å². The highest BCUT2D eigenvalue weighted by Crippen LogP contribution is 2.16. The van der Waals surface area contributed by atoms with E-state index in [0.717, 1.165) is 10.0 Å². The van der Waals surface area contributed by atoms with Gasteiger partial charge in [-0.2, -0.15) is 0 Å². The Kier molecular flexibility index (Phi) is 5.22. The highest BCUT2D eigenvalue weighted by molar-refractivity contribution is 9.10. The molecule has 0 fully saturated rings. The number of hydrogen-bond acceptors (Lipinski definition) is 1. The second-order valence-corrected chi connectivity index (χ2v) is 5.00. The lowest BCUT2D eigenvalue weighted by molar-refractivity contribution is 0.936. The fourth-order valence-electron chi connectivity index (χ4n) is 1.28. The number of benzene rings is 1. The smallest absolute Gasteiger partial charge is 0.189 e. The van der Waals surface area contributed by atoms with Crippen LogP contribution in [0.15, 0.2) is 39.8 Å². The molecule has 0 aromatic heterocycles. The second kappa shape index (κ2) is 6.45. The lowest BCUT2D eigenvalue weighted by Crippen LogP contribution is -2.32. The van der Waals surface area contributed by atoms with Gasteiger partial charge in [-0.25, -0.2) is 4.99 Å². The number of aryl methyl sites for hydroxylation is 1. The van der Waals surface area contributed by atoms with Gasteiger partial charge < -0.3 is 11.1 Å². The van der Waals surface area contributed by atoms with Crippen LogP contribution in [-0.4, -0.2) is 12.5 Å². The molecule has 4 heteroatoms. The molecule has 0 aliphatic carbocycles. The monoisotopic (exact) mass is 295 g/mol. The molecule has 1 aromatic carbocycles. The second-order valence-electron chi connectivity index (χ2n) is 4.08. The van der Waals surface area contributed by atoms with E-state index in [1.807, 2.05) is 13.0 Å². The molecule has 0 spiro atoms. The molecule has 0 aliphatic heterocycles. The first-order chi connectivity index (χ1) is 7.99. The average Bonchev–Trinajstić information content (AvgIpc) is 2.27. The van der Waals surface area contributed by atoms with Crippen molar-refractivity contribution in [3.63, 3.8) is 0 Å². The minimum atomic E-state index is 0.451. The summed E-state index contributed by atoms with van der Waals surface area (Å²) in [6.07, 6.45) is 0. The van der Waals surface area contributed by atoms with Gasteiger partial charge in [0.25, 0.3) is 0 Å². The lowest BCUT2D eigenvalue weighted by atomic mass is 10.1. The molecule has 3 N–H and O–H groups in total. The van der Waals surface area contributed by atoms with Crippen LogP contribution in [0.2, 0.25) is 0 Å². The Bertz CT molecular complexity index is 438. The highest BCUT2D eigenvalue weighted by atomic mass is 79.9. The fourth-order valence-corrected chi connectivity index (χ4v) is 1.69. The Morgan fingerprint density at radius 1 is 1.53 bits per heavy atom. The van der Waals surface area contributed by atoms with Crippen LogP contribution in [0.5, 0.6) is 0 Å². The van der Waals surface area contributed by atoms with Gasteiger partial charge in [-0.1, -0.05) is 34.1 Å². The molecule has 0 saturated heterocycles. The normalized spacial score (nSPS) is 11.4. The molecule has 92 valence electrons. The van der Waals surface area contributed by atoms with Crippen molar-refractivity contribution >= 4 is 21.9 Å². The Labute approximate surface area is 111 Å². The lowest BCUT2D eigenvalue weighted by Gasteiger charge is -2.06. The number of halogens is 1. The van der Waals surface area contributed by atoms with E-state index in [-0.39, 0.29) is 0 Å². The summed E-state index contributed by atoms with van der Waals surface area (Å²) >= 11 is 3.45. The third kappa shape index (κ3) is 5.04. The number of hydrogen-bond donors (Lipinski definition) is 2. The van der Waals surface area contributed by atoms with Crippen molar-refractivity contribution in [2.75, 3.05) is 6.54 Å². The Morgan fingerprint density at radius 2 is 2.24 bits per heavy atom. The summed E-state index contributed by atoms with van der Waals surface area (Å²) in [6.45, 7) is 9.04. The number of rotatable bonds is 4. The predicted molar refractivity (Wildman–Crippen MR) is 77.0 cm³/mol. The maximum absolute atomic E-state index is 5.74. The molecule has 1 aromatic rings. The average molecular weight is 296 g/mol. The maximum Gasteiger partial charge on any atom is 0.189 e. The zero-order valence-electron chi connectivity index (χ0n) is 10.3. The van der Waals surface area contributed by atoms with Gasteiger partial charge in [0.2, 0.25) is 0 Å². The number of guanidine groups is 1. The van der Waals surface area contributed by atoms with Crippen LogP contribution in [0.1, 0.15) is 18.1 Å². The zero-order chi connectivity index (χ0) is 12.8. The van der Waals surface area contributed by atoms with Crippen LogP contribution < -0.4 is 11.1 Å². The van der Waals surface area contributed by atoms with Crippen molar-refractivity contribution in [3.8, 4) is 0 Å². The standard InChI is InChI=1S/C13H18BrN3/c1-9(2)7-16-13(15)17-8-11-6-12(14)5-4-10(11)3/h4-6H,1,7-8H2,2-3H3,(H3,15,16,17). The van der Waals surface area contributed by atoms with Crippen LogP contribution >= 0.6 is 15.9 Å². The minimum Gasteiger partial charge on any atom is -0.370 e. The van der Waals surface area contributed by atoms with Gasteiger partial charge in [-0.3, -0.25) is 0 Å². The highest BCUT2D eigenvalue weighted by Gasteiger charge is 1.99. The van der Waals surface area contributed by atoms with E-state index >= 15 is 0 Å². The molecule has 0 aliphatic rings. The van der Waals surface area contributed by atoms with E-state index in [9.17, 15) is 0 Å². The van der Waals surface area contributed by atoms with Crippen LogP contribution in [0.25, 0.3) is 0 Å². The fraction of sp³-hybridized carbons (Fsp3) is 0.308. The Morgan fingerprint density at radius 3 is 2.88 bits per heavy atom. The van der Waals surface area contributed by atoms with Gasteiger partial charge in [-0.15, -0.1) is 0 Å². The minimum absolute atomic E-state index is 0.451. The van der Waals surface area contributed by atoms with E-state index in [1.54, 1.807) is 0 Å². The molecule has 1 rings (SSSR count). The Hall–Kier alpha value is -1.29. The summed E-state index contributed by atoms with van der Waals surface area (Å²) in [5.74, 6) is 0.451. The summed E-state index contributed by atoms with van der Waals surface area (Å²) < 4.78 is 1.06. The number of nitrogens with two attached hydrogens (primary N) is 1. The molecular formula is C13H18BrN3. The molecule has 0 atom stereocenters. The van der Waals surface area contributed by atoms with Crippen LogP contribution in [0.3, 0.4) is 0 Å². The summed E-state index contributed by atoms with van der Waals surface area (Å²) in [5, 5.41) is 3.00. The van der Waals surface area contributed by atoms with Gasteiger partial charge >= 0.3 is 0 Å². The van der Waals surface area contributed by atoms with Gasteiger partial charge in [0.1, 0.15) is 0 Å². The SMILES string of the molecule is C=C(C)CNC(N)=NCc1cc(Br)ccc1C. The molecule has 0 unspecified atom stereocenters. The van der Waals surface area contributed by atoms with Crippen molar-refractivity contribution < 1.29 is 0 Å². The predicted octanol–water partition coefficient (Wildman–Crippen LogP) is 2.74. The summed E-state index contributed by atoms with van der Waals surface area (Å²) in [5.41, 5.74) is 9.15. The van der Waals surface area contributed by atoms with Crippen molar-refractivity contribution in [2.24, 2.45) is 10.7 Å². The van der Waals surface area contributed by atoms with Gasteiger partial charge in [0, 0.05) is 11.0 Å². The van der Waals surface area contributed by atoms with Crippen LogP contribution in [0.4, 0.5) is 0 Å². The third-order valence-corrected chi connectivity index (χ3v) is 2.80. The summed E-state index contributed by atoms with van der Waals surface area (Å²) in [7, 11) is 0. The Balaban J connectivity index is 2.62. The summed E-state index contributed by atoms with van der Waals surface area (Å²) in [4.78, 5) is 4.29. The molecular weight excluding hydrogens is 278 g/mol. The van der Waals surface area contributed by atoms with E-state index in [2.05, 4.69) is 51.9 Å². The number of nitrogens with one attached hydrogen (secondary N) is 1. The molecule has 0 amide bonds. The molecule has 0 heterocycles. The summed E-state index contributed by atoms with van der Waals surface area (Å²) in [6, 6.07) is 6.14. The van der Waals surface area contributed by atoms with Crippen molar-refractivity contribution in [3.05, 3.63) is 46.0 Å². The molecule has 0 saturated carbocycles. The van der Waals surface area contributed by atoms with E-state index < -0.39 is 0 Å². The molecule has 3 nitrogen and oxygen atoms in total. The van der Waals surface area contributed by atoms with Crippen molar-refractivity contribution in [2.45, 2.75) is 20.4 Å². The van der Waals surface area contributed by atoms with Crippen molar-refractivity contribution in [1.82, 2.24) is 5.32 Å². The first-order valence-electron chi connectivity index (χ1n) is 5.42. The third-order valence-electron chi connectivity index (χ3n) is 2.30. The first kappa shape index (κ1) is 13.8. The van der Waals surface area contributed by atoms with Crippen LogP contribution in [-0.2, 0) is 6.54 Å². The molecule has 0 bridgehead atoms. The van der Waals surface area contributed by atoms with Crippen molar-refractivity contribution in [1.29, 1.82) is 0 Å². The van der Waals surface area contributed by atoms with Gasteiger partial charge in [0.15, 0.2) is 5.96 Å².